The summed E-state index contributed by atoms with van der Waals surface area (Å²) in [7, 11) is 0. The zero-order valence-corrected chi connectivity index (χ0v) is 12.9. The van der Waals surface area contributed by atoms with Gasteiger partial charge in [0.05, 0.1) is 13.2 Å². The van der Waals surface area contributed by atoms with E-state index < -0.39 is 5.92 Å². The van der Waals surface area contributed by atoms with Gasteiger partial charge in [-0.25, -0.2) is 8.78 Å². The lowest BCUT2D eigenvalue weighted by atomic mass is 9.98. The molecule has 1 heterocycles. The van der Waals surface area contributed by atoms with Crippen molar-refractivity contribution in [1.29, 1.82) is 0 Å². The molecule has 1 saturated heterocycles. The van der Waals surface area contributed by atoms with Crippen LogP contribution >= 0.6 is 0 Å². The molecule has 116 valence electrons. The number of hydrogen-bond donors (Lipinski definition) is 1. The number of piperidine rings is 1. The summed E-state index contributed by atoms with van der Waals surface area (Å²) in [4.78, 5) is 11.0. The molecule has 19 heavy (non-hydrogen) atoms. The van der Waals surface area contributed by atoms with E-state index in [1.807, 2.05) is 27.7 Å². The van der Waals surface area contributed by atoms with Crippen LogP contribution in [-0.2, 0) is 9.53 Å². The molecule has 0 aliphatic carbocycles. The highest BCUT2D eigenvalue weighted by Gasteiger charge is 2.34. The van der Waals surface area contributed by atoms with E-state index in [4.69, 9.17) is 4.74 Å². The molecule has 1 atom stereocenters. The van der Waals surface area contributed by atoms with Crippen LogP contribution in [0.2, 0.25) is 0 Å². The van der Waals surface area contributed by atoms with Crippen LogP contribution in [-0.4, -0.2) is 31.1 Å². The molecule has 1 aliphatic heterocycles. The summed E-state index contributed by atoms with van der Waals surface area (Å²) in [5, 5.41) is 2.75. The van der Waals surface area contributed by atoms with Crippen LogP contribution in [0.4, 0.5) is 8.78 Å². The third kappa shape index (κ3) is 10.9. The molecule has 0 saturated carbocycles. The maximum absolute atomic E-state index is 12.7. The molecule has 0 aromatic carbocycles. The summed E-state index contributed by atoms with van der Waals surface area (Å²) >= 11 is 0. The van der Waals surface area contributed by atoms with Crippen molar-refractivity contribution in [2.45, 2.75) is 72.3 Å². The minimum absolute atomic E-state index is 0.0223. The smallest absolute Gasteiger partial charge is 0.305 e. The predicted molar refractivity (Wildman–Crippen MR) is 74.5 cm³/mol. The Morgan fingerprint density at radius 2 is 1.89 bits per heavy atom. The molecule has 1 N–H and O–H groups in total. The fourth-order valence-electron chi connectivity index (χ4n) is 1.64. The SMILES string of the molecule is CC.CC.CCOC(=O)CCC1CCC(F)(F)CN1. The van der Waals surface area contributed by atoms with Gasteiger partial charge in [0, 0.05) is 18.9 Å². The number of rotatable bonds is 4. The number of carbonyl (C=O) groups excluding carboxylic acids is 1. The van der Waals surface area contributed by atoms with Gasteiger partial charge < -0.3 is 10.1 Å². The predicted octanol–water partition coefficient (Wildman–Crippen LogP) is 3.77. The molecule has 1 aliphatic rings. The van der Waals surface area contributed by atoms with Gasteiger partial charge in [0.2, 0.25) is 0 Å². The first-order valence-electron chi connectivity index (χ1n) is 7.30. The molecule has 3 nitrogen and oxygen atoms in total. The molecule has 1 rings (SSSR count). The highest BCUT2D eigenvalue weighted by Crippen LogP contribution is 2.25. The Morgan fingerprint density at radius 1 is 1.32 bits per heavy atom. The summed E-state index contributed by atoms with van der Waals surface area (Å²) in [5.41, 5.74) is 0. The van der Waals surface area contributed by atoms with Crippen molar-refractivity contribution in [1.82, 2.24) is 5.32 Å². The first kappa shape index (κ1) is 20.6. The van der Waals surface area contributed by atoms with E-state index in [1.165, 1.54) is 0 Å². The summed E-state index contributed by atoms with van der Waals surface area (Å²) in [5.74, 6) is -2.84. The number of esters is 1. The second-order valence-electron chi connectivity index (χ2n) is 3.82. The first-order chi connectivity index (χ1) is 9.03. The van der Waals surface area contributed by atoms with Gasteiger partial charge in [-0.15, -0.1) is 0 Å². The largest absolute Gasteiger partial charge is 0.466 e. The summed E-state index contributed by atoms with van der Waals surface area (Å²) in [6, 6.07) is 0.0223. The highest BCUT2D eigenvalue weighted by molar-refractivity contribution is 5.69. The van der Waals surface area contributed by atoms with E-state index >= 15 is 0 Å². The lowest BCUT2D eigenvalue weighted by Gasteiger charge is -2.29. The molecule has 1 unspecified atom stereocenters. The van der Waals surface area contributed by atoms with E-state index in [-0.39, 0.29) is 25.0 Å². The third-order valence-corrected chi connectivity index (χ3v) is 2.51. The molecule has 0 spiro atoms. The van der Waals surface area contributed by atoms with Crippen LogP contribution in [0.5, 0.6) is 0 Å². The fraction of sp³-hybridized carbons (Fsp3) is 0.929. The number of halogens is 2. The minimum Gasteiger partial charge on any atom is -0.466 e. The lowest BCUT2D eigenvalue weighted by Crippen LogP contribution is -2.45. The van der Waals surface area contributed by atoms with Gasteiger partial charge in [0.1, 0.15) is 0 Å². The summed E-state index contributed by atoms with van der Waals surface area (Å²) in [6.07, 6.45) is 1.21. The van der Waals surface area contributed by atoms with Crippen molar-refractivity contribution in [3.63, 3.8) is 0 Å². The number of alkyl halides is 2. The maximum Gasteiger partial charge on any atom is 0.305 e. The van der Waals surface area contributed by atoms with Gasteiger partial charge >= 0.3 is 5.97 Å². The number of hydrogen-bond acceptors (Lipinski definition) is 3. The van der Waals surface area contributed by atoms with Crippen molar-refractivity contribution in [3.8, 4) is 0 Å². The Balaban J connectivity index is 0. The number of carbonyl (C=O) groups is 1. The maximum atomic E-state index is 12.7. The van der Waals surface area contributed by atoms with E-state index in [1.54, 1.807) is 6.92 Å². The average Bonchev–Trinajstić information content (AvgIpc) is 2.42. The van der Waals surface area contributed by atoms with Crippen molar-refractivity contribution < 1.29 is 18.3 Å². The van der Waals surface area contributed by atoms with E-state index in [9.17, 15) is 13.6 Å². The van der Waals surface area contributed by atoms with Crippen LogP contribution in [0.3, 0.4) is 0 Å². The second kappa shape index (κ2) is 12.3. The quantitative estimate of drug-likeness (QED) is 0.797. The molecule has 0 aromatic heterocycles. The minimum atomic E-state index is -2.58. The Labute approximate surface area is 116 Å². The Kier molecular flexibility index (Phi) is 13.4. The van der Waals surface area contributed by atoms with Crippen molar-refractivity contribution in [2.24, 2.45) is 0 Å². The highest BCUT2D eigenvalue weighted by atomic mass is 19.3. The first-order valence-corrected chi connectivity index (χ1v) is 7.30. The third-order valence-electron chi connectivity index (χ3n) is 2.51. The van der Waals surface area contributed by atoms with Crippen molar-refractivity contribution in [2.75, 3.05) is 13.2 Å². The van der Waals surface area contributed by atoms with E-state index in [0.717, 1.165) is 0 Å². The number of ether oxygens (including phenoxy) is 1. The van der Waals surface area contributed by atoms with Crippen molar-refractivity contribution >= 4 is 5.97 Å². The van der Waals surface area contributed by atoms with E-state index in [2.05, 4.69) is 5.32 Å². The Hall–Kier alpha value is -0.710. The van der Waals surface area contributed by atoms with Crippen LogP contribution in [0.15, 0.2) is 0 Å². The normalized spacial score (nSPS) is 20.3. The Morgan fingerprint density at radius 3 is 2.32 bits per heavy atom. The fourth-order valence-corrected chi connectivity index (χ4v) is 1.64. The van der Waals surface area contributed by atoms with Gasteiger partial charge in [-0.2, -0.15) is 0 Å². The average molecular weight is 281 g/mol. The lowest BCUT2D eigenvalue weighted by molar-refractivity contribution is -0.143. The van der Waals surface area contributed by atoms with Gasteiger partial charge in [-0.1, -0.05) is 27.7 Å². The van der Waals surface area contributed by atoms with Gasteiger partial charge in [-0.3, -0.25) is 4.79 Å². The molecular weight excluding hydrogens is 252 g/mol. The zero-order valence-electron chi connectivity index (χ0n) is 12.9. The molecule has 5 heteroatoms. The Bertz CT molecular complexity index is 213. The molecular formula is C14H29F2NO2. The summed E-state index contributed by atoms with van der Waals surface area (Å²) in [6.45, 7) is 9.84. The molecule has 0 aromatic rings. The van der Waals surface area contributed by atoms with Gasteiger partial charge in [-0.05, 0) is 19.8 Å². The van der Waals surface area contributed by atoms with E-state index in [0.29, 0.717) is 25.9 Å². The van der Waals surface area contributed by atoms with Crippen LogP contribution in [0, 0.1) is 0 Å². The second-order valence-corrected chi connectivity index (χ2v) is 3.82. The molecule has 0 amide bonds. The monoisotopic (exact) mass is 281 g/mol. The standard InChI is InChI=1S/C10H17F2NO2.2C2H6/c1-2-15-9(14)4-3-8-5-6-10(11,12)7-13-8;2*1-2/h8,13H,2-7H2,1H3;2*1-2H3. The molecule has 1 fully saturated rings. The molecule has 0 radical (unpaired) electrons. The zero-order chi connectivity index (χ0) is 15.3. The van der Waals surface area contributed by atoms with Crippen molar-refractivity contribution in [3.05, 3.63) is 0 Å². The summed E-state index contributed by atoms with van der Waals surface area (Å²) < 4.78 is 30.2. The number of nitrogens with one attached hydrogen (secondary N) is 1. The topological polar surface area (TPSA) is 38.3 Å². The van der Waals surface area contributed by atoms with Crippen LogP contribution in [0.1, 0.15) is 60.3 Å². The van der Waals surface area contributed by atoms with Gasteiger partial charge in [0.15, 0.2) is 0 Å². The van der Waals surface area contributed by atoms with Gasteiger partial charge in [0.25, 0.3) is 5.92 Å². The van der Waals surface area contributed by atoms with Crippen LogP contribution < -0.4 is 5.32 Å². The molecule has 0 bridgehead atoms. The van der Waals surface area contributed by atoms with Crippen LogP contribution in [0.25, 0.3) is 0 Å².